The number of pyridine rings is 1. The van der Waals surface area contributed by atoms with Crippen LogP contribution in [0.5, 0.6) is 5.75 Å². The lowest BCUT2D eigenvalue weighted by atomic mass is 10.1. The number of nitrogens with one attached hydrogen (secondary N) is 1. The first kappa shape index (κ1) is 24.3. The van der Waals surface area contributed by atoms with E-state index in [9.17, 15) is 27.9 Å². The molecule has 1 aliphatic heterocycles. The first-order valence-corrected chi connectivity index (χ1v) is 10.7. The van der Waals surface area contributed by atoms with Crippen LogP contribution in [0.3, 0.4) is 0 Å². The van der Waals surface area contributed by atoms with Gasteiger partial charge in [-0.05, 0) is 26.1 Å². The Kier molecular flexibility index (Phi) is 6.28. The number of carbonyl (C=O) groups excluding carboxylic acids is 2. The van der Waals surface area contributed by atoms with Crippen LogP contribution in [0.1, 0.15) is 11.3 Å². The number of carbonyl (C=O) groups is 2. The number of fused-ring (bicyclic) bond motifs is 1. The second-order valence-corrected chi connectivity index (χ2v) is 8.36. The van der Waals surface area contributed by atoms with Crippen LogP contribution in [0.2, 0.25) is 0 Å². The van der Waals surface area contributed by atoms with Gasteiger partial charge >= 0.3 is 12.2 Å². The second-order valence-electron chi connectivity index (χ2n) is 8.36. The Balaban J connectivity index is 1.74. The number of aromatic nitrogens is 3. The third-order valence-electron chi connectivity index (χ3n) is 5.89. The van der Waals surface area contributed by atoms with Crippen molar-refractivity contribution >= 4 is 40.5 Å². The molecule has 1 aliphatic rings. The molecule has 0 bridgehead atoms. The monoisotopic (exact) mass is 491 g/mol. The Labute approximate surface area is 198 Å². The molecule has 0 radical (unpaired) electrons. The molecule has 4 rings (SSSR count). The van der Waals surface area contributed by atoms with Crippen molar-refractivity contribution in [3.8, 4) is 5.75 Å². The predicted molar refractivity (Wildman–Crippen MR) is 124 cm³/mol. The number of benzene rings is 1. The van der Waals surface area contributed by atoms with E-state index in [4.69, 9.17) is 0 Å². The average Bonchev–Trinajstić information content (AvgIpc) is 3.07. The van der Waals surface area contributed by atoms with E-state index in [1.165, 1.54) is 6.20 Å². The summed E-state index contributed by atoms with van der Waals surface area (Å²) < 4.78 is 41.2. The van der Waals surface area contributed by atoms with E-state index in [0.29, 0.717) is 47.2 Å². The highest BCUT2D eigenvalue weighted by molar-refractivity contribution is 6.14. The van der Waals surface area contributed by atoms with Gasteiger partial charge in [-0.2, -0.15) is 18.3 Å². The molecule has 0 saturated carbocycles. The van der Waals surface area contributed by atoms with Crippen LogP contribution in [0.4, 0.5) is 35.0 Å². The molecule has 0 atom stereocenters. The van der Waals surface area contributed by atoms with Crippen LogP contribution >= 0.6 is 0 Å². The highest BCUT2D eigenvalue weighted by Crippen LogP contribution is 2.37. The largest absolute Gasteiger partial charge is 0.508 e. The quantitative estimate of drug-likeness (QED) is 0.541. The summed E-state index contributed by atoms with van der Waals surface area (Å²) in [4.78, 5) is 33.9. The zero-order valence-electron chi connectivity index (χ0n) is 19.3. The van der Waals surface area contributed by atoms with Crippen molar-refractivity contribution in [3.05, 3.63) is 35.7 Å². The van der Waals surface area contributed by atoms with Gasteiger partial charge in [-0.1, -0.05) is 0 Å². The number of amides is 3. The van der Waals surface area contributed by atoms with Gasteiger partial charge < -0.3 is 20.2 Å². The SMILES string of the molecule is Cc1nn(C)c2ncc(NC(=O)N(C=O)c3cc(O)cc(C(F)(F)F)c3)c(N3CCN(C)CC3)c12. The van der Waals surface area contributed by atoms with E-state index in [1.54, 1.807) is 11.7 Å². The number of rotatable bonds is 4. The summed E-state index contributed by atoms with van der Waals surface area (Å²) >= 11 is 0. The molecule has 2 N–H and O–H groups in total. The molecule has 1 aromatic carbocycles. The summed E-state index contributed by atoms with van der Waals surface area (Å²) in [7, 11) is 3.76. The summed E-state index contributed by atoms with van der Waals surface area (Å²) in [5, 5.41) is 17.5. The standard InChI is InChI=1S/C22H24F3N7O3/c1-13-18-19(31-6-4-29(2)5-7-31)17(11-26-20(18)30(3)28-13)27-21(35)32(12-33)15-8-14(22(23,24)25)9-16(34)10-15/h8-12,34H,4-7H2,1-3H3,(H,27,35). The maximum atomic E-state index is 13.2. The number of likely N-dealkylation sites (N-methyl/N-ethyl adjacent to an activating group) is 1. The van der Waals surface area contributed by atoms with E-state index in [2.05, 4.69) is 25.2 Å². The van der Waals surface area contributed by atoms with Crippen molar-refractivity contribution in [1.29, 1.82) is 0 Å². The number of anilines is 3. The topological polar surface area (TPSA) is 107 Å². The molecule has 0 unspecified atom stereocenters. The normalized spacial score (nSPS) is 14.9. The number of urea groups is 1. The highest BCUT2D eigenvalue weighted by Gasteiger charge is 2.33. The minimum atomic E-state index is -4.78. The van der Waals surface area contributed by atoms with E-state index < -0.39 is 29.2 Å². The zero-order chi connectivity index (χ0) is 25.5. The maximum Gasteiger partial charge on any atom is 0.416 e. The average molecular weight is 491 g/mol. The molecule has 1 saturated heterocycles. The molecule has 3 amide bonds. The fourth-order valence-corrected chi connectivity index (χ4v) is 4.14. The van der Waals surface area contributed by atoms with Gasteiger partial charge in [-0.25, -0.2) is 14.7 Å². The van der Waals surface area contributed by atoms with Crippen LogP contribution in [0, 0.1) is 6.92 Å². The van der Waals surface area contributed by atoms with Gasteiger partial charge in [-0.3, -0.25) is 9.48 Å². The molecule has 2 aromatic heterocycles. The summed E-state index contributed by atoms with van der Waals surface area (Å²) in [6.07, 6.45) is -3.26. The van der Waals surface area contributed by atoms with Crippen molar-refractivity contribution in [1.82, 2.24) is 19.7 Å². The fourth-order valence-electron chi connectivity index (χ4n) is 4.14. The molecule has 1 fully saturated rings. The van der Waals surface area contributed by atoms with E-state index in [-0.39, 0.29) is 12.1 Å². The number of alkyl halides is 3. The number of aryl methyl sites for hydroxylation is 2. The molecule has 3 aromatic rings. The summed E-state index contributed by atoms with van der Waals surface area (Å²) in [6.45, 7) is 4.69. The molecule has 13 heteroatoms. The maximum absolute atomic E-state index is 13.2. The molecule has 3 heterocycles. The van der Waals surface area contributed by atoms with Gasteiger partial charge in [0.1, 0.15) is 5.75 Å². The lowest BCUT2D eigenvalue weighted by molar-refractivity contribution is -0.137. The molecule has 10 nitrogen and oxygen atoms in total. The molecular weight excluding hydrogens is 467 g/mol. The van der Waals surface area contributed by atoms with Gasteiger partial charge in [0.05, 0.1) is 39.9 Å². The number of imide groups is 1. The van der Waals surface area contributed by atoms with Crippen LogP contribution in [0.15, 0.2) is 24.4 Å². The number of hydrogen-bond acceptors (Lipinski definition) is 7. The van der Waals surface area contributed by atoms with Crippen LogP contribution in [-0.2, 0) is 18.0 Å². The third kappa shape index (κ3) is 4.71. The summed E-state index contributed by atoms with van der Waals surface area (Å²) in [5.41, 5.74) is 0.613. The number of phenolic OH excluding ortho intramolecular Hbond substituents is 1. The lowest BCUT2D eigenvalue weighted by Crippen LogP contribution is -2.45. The van der Waals surface area contributed by atoms with Crippen molar-refractivity contribution < 1.29 is 27.9 Å². The van der Waals surface area contributed by atoms with Crippen LogP contribution in [-0.4, -0.2) is 70.4 Å². The highest BCUT2D eigenvalue weighted by atomic mass is 19.4. The van der Waals surface area contributed by atoms with Gasteiger partial charge in [-0.15, -0.1) is 0 Å². The van der Waals surface area contributed by atoms with E-state index in [0.717, 1.165) is 24.5 Å². The number of piperazine rings is 1. The summed E-state index contributed by atoms with van der Waals surface area (Å²) in [5.74, 6) is -0.735. The molecule has 35 heavy (non-hydrogen) atoms. The number of halogens is 3. The molecular formula is C22H24F3N7O3. The first-order valence-electron chi connectivity index (χ1n) is 10.7. The smallest absolute Gasteiger partial charge is 0.416 e. The number of phenols is 1. The minimum absolute atomic E-state index is 0.0844. The predicted octanol–water partition coefficient (Wildman–Crippen LogP) is 2.95. The van der Waals surface area contributed by atoms with E-state index in [1.807, 2.05) is 14.0 Å². The van der Waals surface area contributed by atoms with E-state index >= 15 is 0 Å². The Hall–Kier alpha value is -3.87. The lowest BCUT2D eigenvalue weighted by Gasteiger charge is -2.35. The second kappa shape index (κ2) is 9.06. The molecule has 0 aliphatic carbocycles. The van der Waals surface area contributed by atoms with Crippen molar-refractivity contribution in [3.63, 3.8) is 0 Å². The summed E-state index contributed by atoms with van der Waals surface area (Å²) in [6, 6.07) is 1.02. The van der Waals surface area contributed by atoms with Crippen molar-refractivity contribution in [2.45, 2.75) is 13.1 Å². The van der Waals surface area contributed by atoms with Gasteiger partial charge in [0.15, 0.2) is 5.65 Å². The Morgan fingerprint density at radius 2 is 1.86 bits per heavy atom. The van der Waals surface area contributed by atoms with Gasteiger partial charge in [0, 0.05) is 39.3 Å². The Morgan fingerprint density at radius 3 is 2.49 bits per heavy atom. The molecule has 186 valence electrons. The fraction of sp³-hybridized carbons (Fsp3) is 0.364. The molecule has 0 spiro atoms. The minimum Gasteiger partial charge on any atom is -0.508 e. The van der Waals surface area contributed by atoms with Gasteiger partial charge in [0.2, 0.25) is 6.41 Å². The number of aromatic hydroxyl groups is 1. The van der Waals surface area contributed by atoms with Crippen molar-refractivity contribution in [2.24, 2.45) is 7.05 Å². The van der Waals surface area contributed by atoms with Crippen molar-refractivity contribution in [2.75, 3.05) is 48.3 Å². The number of hydrogen-bond donors (Lipinski definition) is 2. The van der Waals surface area contributed by atoms with Crippen LogP contribution in [0.25, 0.3) is 11.0 Å². The Morgan fingerprint density at radius 1 is 1.17 bits per heavy atom. The third-order valence-corrected chi connectivity index (χ3v) is 5.89. The van der Waals surface area contributed by atoms with Gasteiger partial charge in [0.25, 0.3) is 0 Å². The van der Waals surface area contributed by atoms with Crippen LogP contribution < -0.4 is 15.1 Å². The first-order chi connectivity index (χ1) is 16.5. The Bertz CT molecular complexity index is 1280. The zero-order valence-corrected chi connectivity index (χ0v) is 19.3. The number of nitrogens with zero attached hydrogens (tertiary/aromatic N) is 6.